The number of aliphatic hydroxyl groups is 2. The number of benzene rings is 2. The van der Waals surface area contributed by atoms with E-state index in [2.05, 4.69) is 16.0 Å². The highest BCUT2D eigenvalue weighted by Crippen LogP contribution is 2.21. The summed E-state index contributed by atoms with van der Waals surface area (Å²) in [6.07, 6.45) is -4.02. The Labute approximate surface area is 262 Å². The first-order valence-corrected chi connectivity index (χ1v) is 14.8. The van der Waals surface area contributed by atoms with Gasteiger partial charge in [-0.2, -0.15) is 0 Å². The largest absolute Gasteiger partial charge is 0.445 e. The minimum absolute atomic E-state index is 0.00342. The van der Waals surface area contributed by atoms with Crippen molar-refractivity contribution in [2.75, 3.05) is 6.54 Å². The van der Waals surface area contributed by atoms with E-state index in [4.69, 9.17) is 10.5 Å². The third kappa shape index (κ3) is 11.2. The Kier molecular flexibility index (Phi) is 12.4. The van der Waals surface area contributed by atoms with Crippen LogP contribution >= 0.6 is 0 Å². The Morgan fingerprint density at radius 3 is 2.16 bits per heavy atom. The molecule has 1 aliphatic heterocycles. The fourth-order valence-corrected chi connectivity index (χ4v) is 4.96. The third-order valence-electron chi connectivity index (χ3n) is 7.15. The van der Waals surface area contributed by atoms with Crippen LogP contribution in [0, 0.1) is 0 Å². The molecular weight excluding hydrogens is 582 g/mol. The van der Waals surface area contributed by atoms with Crippen LogP contribution in [-0.4, -0.2) is 87.3 Å². The highest BCUT2D eigenvalue weighted by atomic mass is 16.5. The molecule has 1 saturated heterocycles. The number of carbonyl (C=O) groups excluding carboxylic acids is 5. The maximum atomic E-state index is 13.7. The summed E-state index contributed by atoms with van der Waals surface area (Å²) in [6.45, 7) is 5.26. The number of alkyl carbamates (subject to hydrolysis) is 1. The standard InChI is InChI=1S/C32H43N5O8/c1-32(2,3)36-29(42)25-17-22(38)14-15-37(25)30(43)27(40)23(16-20-10-6-4-7-11-20)34-28(41)24(18-26(33)39)35-31(44)45-19-21-12-8-5-9-13-21/h4-13,22-25,27,38,40H,14-19H2,1-3H3,(H2,33,39)(H,34,41)(H,35,44)(H,36,42)/t22-,23-,24-,25-,27-/m0/s1. The Bertz CT molecular complexity index is 1320. The van der Waals surface area contributed by atoms with Gasteiger partial charge < -0.3 is 41.5 Å². The third-order valence-corrected chi connectivity index (χ3v) is 7.15. The minimum Gasteiger partial charge on any atom is -0.445 e. The van der Waals surface area contributed by atoms with Crippen LogP contribution in [0.2, 0.25) is 0 Å². The van der Waals surface area contributed by atoms with Gasteiger partial charge in [-0.15, -0.1) is 0 Å². The first-order chi connectivity index (χ1) is 21.2. The smallest absolute Gasteiger partial charge is 0.408 e. The lowest BCUT2D eigenvalue weighted by Crippen LogP contribution is -2.62. The number of carbonyl (C=O) groups is 5. The zero-order chi connectivity index (χ0) is 33.1. The molecule has 7 N–H and O–H groups in total. The van der Waals surface area contributed by atoms with Crippen molar-refractivity contribution in [2.24, 2.45) is 5.73 Å². The number of aliphatic hydroxyl groups excluding tert-OH is 2. The van der Waals surface area contributed by atoms with Crippen molar-refractivity contribution in [3.05, 3.63) is 71.8 Å². The molecule has 0 aliphatic carbocycles. The molecule has 2 aromatic carbocycles. The van der Waals surface area contributed by atoms with Crippen LogP contribution in [0.5, 0.6) is 0 Å². The van der Waals surface area contributed by atoms with E-state index in [-0.39, 0.29) is 32.4 Å². The number of hydrogen-bond acceptors (Lipinski definition) is 8. The fourth-order valence-electron chi connectivity index (χ4n) is 4.96. The van der Waals surface area contributed by atoms with Crippen molar-refractivity contribution in [1.82, 2.24) is 20.9 Å². The van der Waals surface area contributed by atoms with Crippen molar-refractivity contribution < 1.29 is 38.9 Å². The molecule has 3 rings (SSSR count). The van der Waals surface area contributed by atoms with E-state index >= 15 is 0 Å². The van der Waals surface area contributed by atoms with Crippen LogP contribution in [0.1, 0.15) is 51.2 Å². The van der Waals surface area contributed by atoms with Gasteiger partial charge in [-0.05, 0) is 44.7 Å². The van der Waals surface area contributed by atoms with Crippen LogP contribution in [0.4, 0.5) is 4.79 Å². The lowest BCUT2D eigenvalue weighted by Gasteiger charge is -2.40. The Balaban J connectivity index is 1.80. The van der Waals surface area contributed by atoms with Crippen LogP contribution in [0.3, 0.4) is 0 Å². The predicted octanol–water partition coefficient (Wildman–Crippen LogP) is 0.512. The number of piperidine rings is 1. The predicted molar refractivity (Wildman–Crippen MR) is 164 cm³/mol. The lowest BCUT2D eigenvalue weighted by molar-refractivity contribution is -0.153. The Hall–Kier alpha value is -4.49. The van der Waals surface area contributed by atoms with E-state index in [1.54, 1.807) is 81.4 Å². The molecule has 0 aromatic heterocycles. The summed E-state index contributed by atoms with van der Waals surface area (Å²) < 4.78 is 5.18. The average molecular weight is 626 g/mol. The summed E-state index contributed by atoms with van der Waals surface area (Å²) in [4.78, 5) is 65.8. The van der Waals surface area contributed by atoms with Gasteiger partial charge in [0.05, 0.1) is 18.6 Å². The first kappa shape index (κ1) is 35.0. The normalized spacial score (nSPS) is 18.6. The van der Waals surface area contributed by atoms with Gasteiger partial charge in [0.1, 0.15) is 18.7 Å². The van der Waals surface area contributed by atoms with E-state index in [1.165, 1.54) is 4.90 Å². The summed E-state index contributed by atoms with van der Waals surface area (Å²) in [5, 5.41) is 29.4. The molecule has 0 bridgehead atoms. The fraction of sp³-hybridized carbons (Fsp3) is 0.469. The molecular formula is C32H43N5O8. The van der Waals surface area contributed by atoms with Crippen molar-refractivity contribution >= 4 is 29.7 Å². The summed E-state index contributed by atoms with van der Waals surface area (Å²) in [5.74, 6) is -3.06. The second-order valence-corrected chi connectivity index (χ2v) is 12.1. The molecule has 1 fully saturated rings. The molecule has 45 heavy (non-hydrogen) atoms. The summed E-state index contributed by atoms with van der Waals surface area (Å²) in [7, 11) is 0. The monoisotopic (exact) mass is 625 g/mol. The lowest BCUT2D eigenvalue weighted by atomic mass is 9.94. The van der Waals surface area contributed by atoms with E-state index < -0.39 is 72.0 Å². The number of likely N-dealkylation sites (tertiary alicyclic amines) is 1. The van der Waals surface area contributed by atoms with Crippen LogP contribution in [0.15, 0.2) is 60.7 Å². The van der Waals surface area contributed by atoms with Gasteiger partial charge in [0.25, 0.3) is 5.91 Å². The van der Waals surface area contributed by atoms with E-state index in [1.807, 2.05) is 0 Å². The van der Waals surface area contributed by atoms with Gasteiger partial charge in [0, 0.05) is 18.5 Å². The highest BCUT2D eigenvalue weighted by molar-refractivity contribution is 5.93. The van der Waals surface area contributed by atoms with E-state index in [0.717, 1.165) is 0 Å². The number of hydrogen-bond donors (Lipinski definition) is 6. The van der Waals surface area contributed by atoms with Gasteiger partial charge in [0.15, 0.2) is 6.10 Å². The van der Waals surface area contributed by atoms with Crippen LogP contribution in [0.25, 0.3) is 0 Å². The second kappa shape index (κ2) is 16.0. The Morgan fingerprint density at radius 1 is 0.978 bits per heavy atom. The maximum Gasteiger partial charge on any atom is 0.408 e. The van der Waals surface area contributed by atoms with Crippen molar-refractivity contribution in [2.45, 2.75) is 88.9 Å². The topological polar surface area (TPSA) is 200 Å². The van der Waals surface area contributed by atoms with Crippen molar-refractivity contribution in [3.63, 3.8) is 0 Å². The quantitative estimate of drug-likeness (QED) is 0.196. The summed E-state index contributed by atoms with van der Waals surface area (Å²) in [6, 6.07) is 13.8. The zero-order valence-electron chi connectivity index (χ0n) is 25.8. The van der Waals surface area contributed by atoms with Gasteiger partial charge in [-0.25, -0.2) is 4.79 Å². The molecule has 5 amide bonds. The molecule has 5 atom stereocenters. The summed E-state index contributed by atoms with van der Waals surface area (Å²) in [5.41, 5.74) is 6.12. The number of amides is 5. The molecule has 1 heterocycles. The molecule has 13 nitrogen and oxygen atoms in total. The number of nitrogens with two attached hydrogens (primary N) is 1. The zero-order valence-corrected chi connectivity index (χ0v) is 25.8. The molecule has 0 unspecified atom stereocenters. The first-order valence-electron chi connectivity index (χ1n) is 14.8. The molecule has 1 aliphatic rings. The maximum absolute atomic E-state index is 13.7. The second-order valence-electron chi connectivity index (χ2n) is 12.1. The van der Waals surface area contributed by atoms with Crippen molar-refractivity contribution in [3.8, 4) is 0 Å². The molecule has 0 radical (unpaired) electrons. The number of ether oxygens (including phenoxy) is 1. The van der Waals surface area contributed by atoms with Gasteiger partial charge in [-0.3, -0.25) is 19.2 Å². The van der Waals surface area contributed by atoms with Crippen molar-refractivity contribution in [1.29, 1.82) is 0 Å². The molecule has 13 heteroatoms. The number of rotatable bonds is 12. The SMILES string of the molecule is CC(C)(C)NC(=O)[C@@H]1C[C@@H](O)CCN1C(=O)[C@@H](O)[C@H](Cc1ccccc1)NC(=O)[C@H](CC(N)=O)NC(=O)OCc1ccccc1. The van der Waals surface area contributed by atoms with E-state index in [0.29, 0.717) is 11.1 Å². The molecule has 2 aromatic rings. The minimum atomic E-state index is -1.83. The molecule has 0 spiro atoms. The van der Waals surface area contributed by atoms with Gasteiger partial charge >= 0.3 is 6.09 Å². The van der Waals surface area contributed by atoms with Gasteiger partial charge in [0.2, 0.25) is 17.7 Å². The number of nitrogens with one attached hydrogen (secondary N) is 3. The molecule has 0 saturated carbocycles. The summed E-state index contributed by atoms with van der Waals surface area (Å²) >= 11 is 0. The molecule has 244 valence electrons. The Morgan fingerprint density at radius 2 is 1.58 bits per heavy atom. The number of primary amides is 1. The van der Waals surface area contributed by atoms with Crippen LogP contribution < -0.4 is 21.7 Å². The highest BCUT2D eigenvalue weighted by Gasteiger charge is 2.41. The number of nitrogens with zero attached hydrogens (tertiary/aromatic N) is 1. The van der Waals surface area contributed by atoms with Gasteiger partial charge in [-0.1, -0.05) is 60.7 Å². The average Bonchev–Trinajstić information content (AvgIpc) is 2.98. The van der Waals surface area contributed by atoms with E-state index in [9.17, 15) is 34.2 Å². The van der Waals surface area contributed by atoms with Crippen LogP contribution in [-0.2, 0) is 36.9 Å².